The summed E-state index contributed by atoms with van der Waals surface area (Å²) in [5.74, 6) is -0.261. The Balaban J connectivity index is 0.000000270. The predicted octanol–water partition coefficient (Wildman–Crippen LogP) is 9.69. The van der Waals surface area contributed by atoms with Crippen LogP contribution in [0.3, 0.4) is 0 Å². The van der Waals surface area contributed by atoms with Gasteiger partial charge in [-0.3, -0.25) is 70.3 Å². The van der Waals surface area contributed by atoms with Gasteiger partial charge in [-0.15, -0.1) is 0 Å². The van der Waals surface area contributed by atoms with E-state index in [9.17, 15) is 68.4 Å². The van der Waals surface area contributed by atoms with Crippen molar-refractivity contribution < 1.29 is 58.6 Å². The van der Waals surface area contributed by atoms with E-state index < -0.39 is 77.0 Å². The Morgan fingerprint density at radius 1 is 0.557 bits per heavy atom. The Morgan fingerprint density at radius 2 is 0.983 bits per heavy atom. The van der Waals surface area contributed by atoms with Crippen molar-refractivity contribution in [1.82, 2.24) is 66.4 Å². The Labute approximate surface area is 677 Å². The molecule has 0 spiro atoms. The van der Waals surface area contributed by atoms with Crippen LogP contribution < -0.4 is 39.1 Å². The van der Waals surface area contributed by atoms with Crippen molar-refractivity contribution in [3.63, 3.8) is 0 Å². The number of nitrogens with one attached hydrogen (secondary N) is 1. The van der Waals surface area contributed by atoms with E-state index >= 15 is 0 Å². The van der Waals surface area contributed by atoms with E-state index in [0.29, 0.717) is 86.5 Å². The number of unbranched alkanes of at least 4 members (excludes halogenated alkanes) is 5. The van der Waals surface area contributed by atoms with E-state index in [1.165, 1.54) is 81.7 Å². The van der Waals surface area contributed by atoms with Gasteiger partial charge in [-0.2, -0.15) is 0 Å². The molecule has 8 heterocycles. The first-order chi connectivity index (χ1) is 55.0. The van der Waals surface area contributed by atoms with Gasteiger partial charge in [-0.1, -0.05) is 95.7 Å². The third kappa shape index (κ3) is 29.6. The average molecular weight is 1640 g/mol. The van der Waals surface area contributed by atoms with Gasteiger partial charge in [0, 0.05) is 95.0 Å². The van der Waals surface area contributed by atoms with Crippen LogP contribution in [0.5, 0.6) is 0 Å². The van der Waals surface area contributed by atoms with Crippen molar-refractivity contribution in [2.75, 3.05) is 5.75 Å². The van der Waals surface area contributed by atoms with Gasteiger partial charge in [0.1, 0.15) is 19.2 Å². The number of fused-ring (bicyclic) bond motifs is 3. The summed E-state index contributed by atoms with van der Waals surface area (Å²) in [4.78, 5) is 143. The van der Waals surface area contributed by atoms with Gasteiger partial charge in [0.05, 0.1) is 31.2 Å². The molecule has 5 N–H and O–H groups in total. The van der Waals surface area contributed by atoms with E-state index in [2.05, 4.69) is 99.9 Å². The molecule has 5 atom stereocenters. The van der Waals surface area contributed by atoms with E-state index in [4.69, 9.17) is 18.9 Å². The number of rotatable bonds is 44. The number of hydrogen-bond donors (Lipinski definition) is 5. The summed E-state index contributed by atoms with van der Waals surface area (Å²) in [5.41, 5.74) is 1.14. The molecule has 115 heavy (non-hydrogen) atoms. The number of ether oxygens (including phenoxy) is 4. The Morgan fingerprint density at radius 3 is 1.41 bits per heavy atom. The van der Waals surface area contributed by atoms with Crippen molar-refractivity contribution in [2.24, 2.45) is 21.1 Å². The number of aryl methyl sites for hydroxylation is 4. The first kappa shape index (κ1) is 94.4. The number of amides is 1. The molecule has 32 nitrogen and oxygen atoms in total. The number of alkyl carbamates (subject to hydrolysis) is 1. The Bertz CT molecular complexity index is 4870. The number of imidazole rings is 3. The second-order valence-corrected chi connectivity index (χ2v) is 31.9. The number of aliphatic hydroxyl groups excluding tert-OH is 4. The van der Waals surface area contributed by atoms with Gasteiger partial charge < -0.3 is 49.3 Å². The zero-order valence-corrected chi connectivity index (χ0v) is 70.1. The lowest BCUT2D eigenvalue weighted by atomic mass is 9.99. The van der Waals surface area contributed by atoms with Crippen LogP contribution in [0.4, 0.5) is 4.79 Å². The SMILES string of the molecule is CC/C=C\C/C=C\C/C=C\C/C=C\C/C=C\CCCC(=O)OCn1cnc2c1c(=O)n(CCCC[C@H](C)O)c(=O)n2C.C[C@H](O)CCCCn1c(=O)c2c(ncn2COC(=O)CCCC[C@]2(C)CCSS2)n(C)c1=O.Cc1ncc(CO)c(CNC(=O)OC(C)OC(=O)Cn2cnc3c2c(=O)n(CCCC[C@H](C)O)c(=O)n3C)c1C. The van der Waals surface area contributed by atoms with Crippen LogP contribution in [0.2, 0.25) is 0 Å². The second-order valence-electron chi connectivity index (χ2n) is 28.9. The lowest BCUT2D eigenvalue weighted by molar-refractivity contribution is -0.165. The van der Waals surface area contributed by atoms with Crippen molar-refractivity contribution in [3.8, 4) is 0 Å². The largest absolute Gasteiger partial charge is 0.444 e. The van der Waals surface area contributed by atoms with Crippen molar-refractivity contribution in [3.05, 3.63) is 171 Å². The molecule has 1 amide bonds. The number of esters is 3. The molecule has 1 unspecified atom stereocenters. The molecule has 0 saturated carbocycles. The van der Waals surface area contributed by atoms with Crippen LogP contribution in [0.25, 0.3) is 33.5 Å². The zero-order valence-electron chi connectivity index (χ0n) is 68.4. The monoisotopic (exact) mass is 1640 g/mol. The van der Waals surface area contributed by atoms with Crippen LogP contribution in [0, 0.1) is 13.8 Å². The van der Waals surface area contributed by atoms with Crippen LogP contribution in [0.15, 0.2) is 115 Å². The first-order valence-corrected chi connectivity index (χ1v) is 41.9. The van der Waals surface area contributed by atoms with Crippen LogP contribution in [-0.2, 0) is 107 Å². The molecule has 632 valence electrons. The number of aliphatic hydroxyl groups is 4. The lowest BCUT2D eigenvalue weighted by Gasteiger charge is -2.20. The van der Waals surface area contributed by atoms with Gasteiger partial charge in [-0.05, 0) is 175 Å². The zero-order chi connectivity index (χ0) is 84.2. The number of pyridine rings is 1. The highest BCUT2D eigenvalue weighted by Gasteiger charge is 2.30. The molecule has 1 fully saturated rings. The quantitative estimate of drug-likeness (QED) is 0.00592. The van der Waals surface area contributed by atoms with Crippen molar-refractivity contribution in [1.29, 1.82) is 0 Å². The fourth-order valence-electron chi connectivity index (χ4n) is 12.5. The van der Waals surface area contributed by atoms with Crippen molar-refractivity contribution >= 4 is 79.1 Å². The minimum Gasteiger partial charge on any atom is -0.444 e. The summed E-state index contributed by atoms with van der Waals surface area (Å²) >= 11 is 0. The molecule has 1 aliphatic rings. The summed E-state index contributed by atoms with van der Waals surface area (Å²) in [7, 11) is 8.49. The predicted molar refractivity (Wildman–Crippen MR) is 445 cm³/mol. The minimum atomic E-state index is -1.24. The van der Waals surface area contributed by atoms with Gasteiger partial charge in [0.15, 0.2) is 47.0 Å². The number of nitrogens with zero attached hydrogens (tertiary/aromatic N) is 13. The Hall–Kier alpha value is -9.48. The molecular weight excluding hydrogens is 1520 g/mol. The number of carbonyl (C=O) groups excluding carboxylic acids is 4. The average Bonchev–Trinajstić information content (AvgIpc) is 1.67. The van der Waals surface area contributed by atoms with Gasteiger partial charge >= 0.3 is 41.1 Å². The van der Waals surface area contributed by atoms with Gasteiger partial charge in [-0.25, -0.2) is 34.1 Å². The topological polar surface area (TPSA) is 397 Å². The van der Waals surface area contributed by atoms with Crippen LogP contribution in [-0.4, -0.2) is 141 Å². The number of aromatic nitrogens is 13. The minimum absolute atomic E-state index is 0.0589. The second kappa shape index (κ2) is 48.8. The summed E-state index contributed by atoms with van der Waals surface area (Å²) in [6.45, 7) is 14.4. The molecule has 7 aromatic heterocycles. The maximum absolute atomic E-state index is 13.1. The molecule has 7 aromatic rings. The van der Waals surface area contributed by atoms with E-state index in [0.717, 1.165) is 73.6 Å². The maximum Gasteiger partial charge on any atom is 0.410 e. The number of hydrogen-bond acceptors (Lipinski definition) is 24. The summed E-state index contributed by atoms with van der Waals surface area (Å²) < 4.78 is 33.0. The van der Waals surface area contributed by atoms with Crippen LogP contribution in [0.1, 0.15) is 205 Å². The highest BCUT2D eigenvalue weighted by molar-refractivity contribution is 8.77. The Kier molecular flexibility index (Phi) is 40.0. The third-order valence-electron chi connectivity index (χ3n) is 19.3. The van der Waals surface area contributed by atoms with Gasteiger partial charge in [0.2, 0.25) is 6.29 Å². The summed E-state index contributed by atoms with van der Waals surface area (Å²) in [6, 6.07) is 0. The molecule has 1 aliphatic heterocycles. The van der Waals surface area contributed by atoms with E-state index in [1.54, 1.807) is 41.1 Å². The van der Waals surface area contributed by atoms with Crippen molar-refractivity contribution in [2.45, 2.75) is 279 Å². The molecule has 1 saturated heterocycles. The molecule has 0 bridgehead atoms. The first-order valence-electron chi connectivity index (χ1n) is 39.6. The van der Waals surface area contributed by atoms with E-state index in [1.807, 2.05) is 35.4 Å². The highest BCUT2D eigenvalue weighted by Crippen LogP contribution is 2.49. The fraction of sp³-hybridized carbons (Fsp3) is 0.580. The molecule has 0 aromatic carbocycles. The lowest BCUT2D eigenvalue weighted by Crippen LogP contribution is -2.40. The van der Waals surface area contributed by atoms with Gasteiger partial charge in [0.25, 0.3) is 16.7 Å². The molecular formula is C81H118N14O18S2. The molecule has 8 rings (SSSR count). The smallest absolute Gasteiger partial charge is 0.410 e. The fourth-order valence-corrected chi connectivity index (χ4v) is 15.8. The standard InChI is InChI=1S/C33H48N4O5.C26H36N6O8.C22H34N4O5S2/c1-4-5-6-7-8-9-10-11-12-13-14-15-16-17-18-19-20-24-29(39)42-27-36-26-34-31-30(36)32(40)37(33(41)35(31)3)25-22-21-23-28(2)38;1-15(34)8-6-7-9-32-24(36)22-23(30(5)26(32)38)29-14-31(22)12-21(35)39-18(4)40-25(37)28-11-20-16(2)17(3)27-10-19(20)13-33;1-16(27)8-5-7-12-26-20(29)18-19(24(3)21(26)30)23-14-25(18)15-31-17(28)9-4-6-10-22(2)11-13-32-33-22/h5-6,8-9,11-12,14-15,17-18,26,28,38H,4,7,10,13,16,19-25,27H2,1-3H3;10,14-15,18,33-34H,6-9,11-13H2,1-5H3,(H,28,37);14,16,27H,4-13,15H2,1-3H3/b6-5-,9-8-,12-11-,15-14-,18-17-;;/t28-;15-,18?;16-,22+/m000/s1. The maximum atomic E-state index is 13.1. The third-order valence-corrected chi connectivity index (χ3v) is 22.6. The number of carbonyl (C=O) groups is 4. The molecule has 34 heteroatoms. The molecule has 0 aliphatic carbocycles. The highest BCUT2D eigenvalue weighted by atomic mass is 33.1. The summed E-state index contributed by atoms with van der Waals surface area (Å²) in [6.07, 6.45) is 40.2. The van der Waals surface area contributed by atoms with Crippen LogP contribution >= 0.6 is 21.6 Å². The summed E-state index contributed by atoms with van der Waals surface area (Å²) in [5, 5.41) is 40.4. The molecule has 0 radical (unpaired) electrons. The normalized spacial score (nSPS) is 14.8. The number of allylic oxidation sites excluding steroid dienone is 10. The van der Waals surface area contributed by atoms with E-state index in [-0.39, 0.29) is 98.1 Å².